The summed E-state index contributed by atoms with van der Waals surface area (Å²) in [7, 11) is 0. The largest absolute Gasteiger partial charge is 0.371 e. The van der Waals surface area contributed by atoms with E-state index in [0.29, 0.717) is 18.4 Å². The van der Waals surface area contributed by atoms with Crippen LogP contribution in [0.25, 0.3) is 0 Å². The van der Waals surface area contributed by atoms with Crippen LogP contribution in [0.2, 0.25) is 0 Å². The first-order chi connectivity index (χ1) is 15.6. The van der Waals surface area contributed by atoms with Gasteiger partial charge in [-0.05, 0) is 61.1 Å². The van der Waals surface area contributed by atoms with Crippen LogP contribution in [0.15, 0.2) is 78.9 Å². The lowest BCUT2D eigenvalue weighted by Gasteiger charge is -2.23. The maximum atomic E-state index is 13.4. The van der Waals surface area contributed by atoms with Crippen LogP contribution in [-0.4, -0.2) is 30.8 Å². The molecule has 0 aliphatic carbocycles. The van der Waals surface area contributed by atoms with Crippen molar-refractivity contribution < 1.29 is 9.59 Å². The van der Waals surface area contributed by atoms with Gasteiger partial charge < -0.3 is 10.2 Å². The molecule has 164 valence electrons. The van der Waals surface area contributed by atoms with Gasteiger partial charge in [-0.2, -0.15) is 0 Å². The molecule has 0 spiro atoms. The summed E-state index contributed by atoms with van der Waals surface area (Å²) in [6.07, 6.45) is 3.21. The van der Waals surface area contributed by atoms with Gasteiger partial charge >= 0.3 is 0 Å². The first-order valence-electron chi connectivity index (χ1n) is 11.4. The lowest BCUT2D eigenvalue weighted by molar-refractivity contribution is -0.120. The first-order valence-corrected chi connectivity index (χ1v) is 11.4. The molecular formula is C28H30N2O2. The summed E-state index contributed by atoms with van der Waals surface area (Å²) >= 11 is 0. The van der Waals surface area contributed by atoms with E-state index in [9.17, 15) is 9.59 Å². The second-order valence-corrected chi connectivity index (χ2v) is 8.48. The minimum absolute atomic E-state index is 0.0276. The summed E-state index contributed by atoms with van der Waals surface area (Å²) in [6, 6.07) is 24.6. The van der Waals surface area contributed by atoms with Crippen molar-refractivity contribution in [2.45, 2.75) is 38.6 Å². The van der Waals surface area contributed by atoms with Crippen molar-refractivity contribution >= 4 is 17.4 Å². The molecule has 1 fully saturated rings. The molecule has 3 aromatic rings. The van der Waals surface area contributed by atoms with Crippen LogP contribution in [0, 0.1) is 6.92 Å². The molecule has 1 N–H and O–H groups in total. The second kappa shape index (κ2) is 10.3. The van der Waals surface area contributed by atoms with E-state index in [4.69, 9.17) is 0 Å². The van der Waals surface area contributed by atoms with Gasteiger partial charge in [-0.1, -0.05) is 60.7 Å². The number of carbonyl (C=O) groups excluding carboxylic acids is 2. The van der Waals surface area contributed by atoms with Gasteiger partial charge in [0.25, 0.3) is 5.91 Å². The Morgan fingerprint density at radius 3 is 2.22 bits per heavy atom. The SMILES string of the molecule is Cc1c(CC(=O)C(Cc2ccccc2)NC(=O)c2ccccc2)cccc1N1CCCC1. The van der Waals surface area contributed by atoms with Crippen LogP contribution in [0.3, 0.4) is 0 Å². The third-order valence-electron chi connectivity index (χ3n) is 6.24. The van der Waals surface area contributed by atoms with Crippen LogP contribution in [0.4, 0.5) is 5.69 Å². The van der Waals surface area contributed by atoms with Crippen molar-refractivity contribution in [1.82, 2.24) is 5.32 Å². The van der Waals surface area contributed by atoms with Crippen molar-refractivity contribution in [3.63, 3.8) is 0 Å². The third-order valence-corrected chi connectivity index (χ3v) is 6.24. The molecule has 32 heavy (non-hydrogen) atoms. The van der Waals surface area contributed by atoms with Gasteiger partial charge in [-0.3, -0.25) is 9.59 Å². The molecule has 0 saturated carbocycles. The first kappa shape index (κ1) is 21.8. The Hall–Kier alpha value is -3.40. The van der Waals surface area contributed by atoms with Gasteiger partial charge in [0.2, 0.25) is 0 Å². The van der Waals surface area contributed by atoms with E-state index < -0.39 is 6.04 Å². The molecule has 4 nitrogen and oxygen atoms in total. The molecule has 0 radical (unpaired) electrons. The summed E-state index contributed by atoms with van der Waals surface area (Å²) in [4.78, 5) is 28.7. The number of benzene rings is 3. The molecular weight excluding hydrogens is 396 g/mol. The Balaban J connectivity index is 1.54. The van der Waals surface area contributed by atoms with Crippen LogP contribution in [-0.2, 0) is 17.6 Å². The van der Waals surface area contributed by atoms with Crippen LogP contribution in [0.5, 0.6) is 0 Å². The molecule has 0 aromatic heterocycles. The lowest BCUT2D eigenvalue weighted by atomic mass is 9.94. The highest BCUT2D eigenvalue weighted by molar-refractivity contribution is 5.98. The Labute approximate surface area is 190 Å². The molecule has 1 saturated heterocycles. The van der Waals surface area contributed by atoms with E-state index in [2.05, 4.69) is 23.2 Å². The predicted octanol–water partition coefficient (Wildman–Crippen LogP) is 4.75. The van der Waals surface area contributed by atoms with Crippen molar-refractivity contribution in [2.75, 3.05) is 18.0 Å². The summed E-state index contributed by atoms with van der Waals surface area (Å²) < 4.78 is 0. The standard InChI is InChI=1S/C28H30N2O2/c1-21-24(15-10-16-26(21)30-17-8-9-18-30)20-27(31)25(19-22-11-4-2-5-12-22)29-28(32)23-13-6-3-7-14-23/h2-7,10-16,25H,8-9,17-20H2,1H3,(H,29,32). The number of nitrogens with one attached hydrogen (secondary N) is 1. The van der Waals surface area contributed by atoms with Crippen molar-refractivity contribution in [3.8, 4) is 0 Å². The Morgan fingerprint density at radius 2 is 1.53 bits per heavy atom. The zero-order valence-electron chi connectivity index (χ0n) is 18.6. The summed E-state index contributed by atoms with van der Waals surface area (Å²) in [5.74, 6) is -0.192. The lowest BCUT2D eigenvalue weighted by Crippen LogP contribution is -2.43. The number of hydrogen-bond acceptors (Lipinski definition) is 3. The van der Waals surface area contributed by atoms with E-state index in [1.54, 1.807) is 12.1 Å². The molecule has 1 atom stereocenters. The number of nitrogens with zero attached hydrogens (tertiary/aromatic N) is 1. The summed E-state index contributed by atoms with van der Waals surface area (Å²) in [5.41, 5.74) is 5.01. The molecule has 1 aliphatic heterocycles. The molecule has 4 heteroatoms. The van der Waals surface area contributed by atoms with Crippen molar-refractivity contribution in [1.29, 1.82) is 0 Å². The van der Waals surface area contributed by atoms with Crippen LogP contribution in [0.1, 0.15) is 39.9 Å². The van der Waals surface area contributed by atoms with E-state index in [1.807, 2.05) is 60.7 Å². The molecule has 1 unspecified atom stereocenters. The van der Waals surface area contributed by atoms with Crippen molar-refractivity contribution in [2.24, 2.45) is 0 Å². The number of rotatable bonds is 8. The quantitative estimate of drug-likeness (QED) is 0.566. The van der Waals surface area contributed by atoms with Gasteiger partial charge in [0.15, 0.2) is 5.78 Å². The molecule has 1 amide bonds. The number of hydrogen-bond donors (Lipinski definition) is 1. The Kier molecular flexibility index (Phi) is 7.00. The zero-order chi connectivity index (χ0) is 22.3. The molecule has 1 heterocycles. The monoisotopic (exact) mass is 426 g/mol. The number of ketones is 1. The molecule has 3 aromatic carbocycles. The van der Waals surface area contributed by atoms with E-state index >= 15 is 0 Å². The highest BCUT2D eigenvalue weighted by Gasteiger charge is 2.24. The van der Waals surface area contributed by atoms with Gasteiger partial charge in [0.1, 0.15) is 0 Å². The molecule has 1 aliphatic rings. The van der Waals surface area contributed by atoms with Crippen molar-refractivity contribution in [3.05, 3.63) is 101 Å². The number of Topliss-reactive ketones (excluding diaryl/α,β-unsaturated/α-hetero) is 1. The number of anilines is 1. The normalized spacial score (nSPS) is 14.2. The van der Waals surface area contributed by atoms with E-state index in [0.717, 1.165) is 29.8 Å². The minimum atomic E-state index is -0.583. The fraction of sp³-hybridized carbons (Fsp3) is 0.286. The maximum Gasteiger partial charge on any atom is 0.251 e. The maximum absolute atomic E-state index is 13.4. The highest BCUT2D eigenvalue weighted by atomic mass is 16.2. The van der Waals surface area contributed by atoms with Gasteiger partial charge in [-0.25, -0.2) is 0 Å². The Morgan fingerprint density at radius 1 is 0.875 bits per heavy atom. The van der Waals surface area contributed by atoms with Gasteiger partial charge in [-0.15, -0.1) is 0 Å². The highest BCUT2D eigenvalue weighted by Crippen LogP contribution is 2.27. The predicted molar refractivity (Wildman–Crippen MR) is 129 cm³/mol. The van der Waals surface area contributed by atoms with E-state index in [1.165, 1.54) is 18.5 Å². The fourth-order valence-corrected chi connectivity index (χ4v) is 4.40. The fourth-order valence-electron chi connectivity index (χ4n) is 4.40. The zero-order valence-corrected chi connectivity index (χ0v) is 18.6. The number of amides is 1. The number of carbonyl (C=O) groups is 2. The second-order valence-electron chi connectivity index (χ2n) is 8.48. The van der Waals surface area contributed by atoms with Gasteiger partial charge in [0.05, 0.1) is 6.04 Å². The summed E-state index contributed by atoms with van der Waals surface area (Å²) in [5, 5.41) is 2.99. The van der Waals surface area contributed by atoms with E-state index in [-0.39, 0.29) is 11.7 Å². The topological polar surface area (TPSA) is 49.4 Å². The smallest absolute Gasteiger partial charge is 0.251 e. The minimum Gasteiger partial charge on any atom is -0.371 e. The van der Waals surface area contributed by atoms with Crippen LogP contribution < -0.4 is 10.2 Å². The van der Waals surface area contributed by atoms with Crippen LogP contribution >= 0.6 is 0 Å². The molecule has 4 rings (SSSR count). The van der Waals surface area contributed by atoms with Gasteiger partial charge in [0, 0.05) is 30.8 Å². The third kappa shape index (κ3) is 5.25. The molecule has 0 bridgehead atoms. The average Bonchev–Trinajstić information content (AvgIpc) is 3.36. The summed E-state index contributed by atoms with van der Waals surface area (Å²) in [6.45, 7) is 4.25. The Bertz CT molecular complexity index is 1060. The average molecular weight is 427 g/mol.